The lowest BCUT2D eigenvalue weighted by atomic mass is 10.2. The molecule has 1 unspecified atom stereocenters. The van der Waals surface area contributed by atoms with Crippen LogP contribution in [0.25, 0.3) is 0 Å². The van der Waals surface area contributed by atoms with Crippen LogP contribution in [-0.2, 0) is 4.74 Å². The highest BCUT2D eigenvalue weighted by molar-refractivity contribution is 4.70. The number of rotatable bonds is 7. The van der Waals surface area contributed by atoms with Crippen molar-refractivity contribution in [3.63, 3.8) is 0 Å². The topological polar surface area (TPSA) is 24.5 Å². The minimum absolute atomic E-state index is 0.262. The van der Waals surface area contributed by atoms with Crippen LogP contribution in [0.4, 0.5) is 13.2 Å². The van der Waals surface area contributed by atoms with Gasteiger partial charge in [-0.2, -0.15) is 13.2 Å². The van der Waals surface area contributed by atoms with Crippen molar-refractivity contribution in [1.82, 2.24) is 10.2 Å². The van der Waals surface area contributed by atoms with Crippen LogP contribution < -0.4 is 5.32 Å². The Kier molecular flexibility index (Phi) is 6.22. The zero-order valence-electron chi connectivity index (χ0n) is 10.2. The molecule has 1 aliphatic rings. The standard InChI is InChI=1S/C11H21F3N2O/c1-2-16(8-10-4-3-7-17-10)6-5-15-9-11(12,13)14/h10,15H,2-9H2,1H3. The van der Waals surface area contributed by atoms with E-state index in [4.69, 9.17) is 4.74 Å². The molecule has 0 bridgehead atoms. The summed E-state index contributed by atoms with van der Waals surface area (Å²) in [5.74, 6) is 0. The molecule has 102 valence electrons. The molecule has 0 amide bonds. The second-order valence-electron chi connectivity index (χ2n) is 4.32. The van der Waals surface area contributed by atoms with Gasteiger partial charge in [-0.1, -0.05) is 6.92 Å². The Morgan fingerprint density at radius 2 is 2.18 bits per heavy atom. The first-order chi connectivity index (χ1) is 8.01. The number of alkyl halides is 3. The highest BCUT2D eigenvalue weighted by Crippen LogP contribution is 2.13. The molecular formula is C11H21F3N2O. The molecule has 0 aromatic rings. The number of likely N-dealkylation sites (N-methyl/N-ethyl adjacent to an activating group) is 1. The van der Waals surface area contributed by atoms with E-state index in [1.807, 2.05) is 6.92 Å². The summed E-state index contributed by atoms with van der Waals surface area (Å²) >= 11 is 0. The normalized spacial score (nSPS) is 21.4. The average Bonchev–Trinajstić information content (AvgIpc) is 2.73. The smallest absolute Gasteiger partial charge is 0.377 e. The van der Waals surface area contributed by atoms with Crippen LogP contribution in [0.2, 0.25) is 0 Å². The van der Waals surface area contributed by atoms with Gasteiger partial charge >= 0.3 is 6.18 Å². The first-order valence-corrected chi connectivity index (χ1v) is 6.12. The molecule has 1 heterocycles. The summed E-state index contributed by atoms with van der Waals surface area (Å²) in [6, 6.07) is 0. The summed E-state index contributed by atoms with van der Waals surface area (Å²) in [7, 11) is 0. The predicted molar refractivity (Wildman–Crippen MR) is 60.0 cm³/mol. The van der Waals surface area contributed by atoms with Gasteiger partial charge in [0.05, 0.1) is 12.6 Å². The third-order valence-corrected chi connectivity index (χ3v) is 2.86. The minimum atomic E-state index is -4.12. The molecule has 0 spiro atoms. The summed E-state index contributed by atoms with van der Waals surface area (Å²) in [6.07, 6.45) is -1.70. The lowest BCUT2D eigenvalue weighted by Crippen LogP contribution is -2.39. The maximum Gasteiger partial charge on any atom is 0.401 e. The number of hydrogen-bond acceptors (Lipinski definition) is 3. The SMILES string of the molecule is CCN(CCNCC(F)(F)F)CC1CCCO1. The van der Waals surface area contributed by atoms with Gasteiger partial charge in [0.15, 0.2) is 0 Å². The van der Waals surface area contributed by atoms with Crippen molar-refractivity contribution in [3.05, 3.63) is 0 Å². The highest BCUT2D eigenvalue weighted by atomic mass is 19.4. The molecule has 0 radical (unpaired) electrons. The van der Waals surface area contributed by atoms with Gasteiger partial charge in [-0.05, 0) is 19.4 Å². The van der Waals surface area contributed by atoms with Crippen molar-refractivity contribution in [1.29, 1.82) is 0 Å². The van der Waals surface area contributed by atoms with Crippen molar-refractivity contribution < 1.29 is 17.9 Å². The van der Waals surface area contributed by atoms with Crippen molar-refractivity contribution in [3.8, 4) is 0 Å². The summed E-state index contributed by atoms with van der Waals surface area (Å²) in [5, 5.41) is 2.41. The van der Waals surface area contributed by atoms with Crippen LogP contribution in [0.15, 0.2) is 0 Å². The first-order valence-electron chi connectivity index (χ1n) is 6.12. The number of nitrogens with zero attached hydrogens (tertiary/aromatic N) is 1. The lowest BCUT2D eigenvalue weighted by Gasteiger charge is -2.23. The third-order valence-electron chi connectivity index (χ3n) is 2.86. The fraction of sp³-hybridized carbons (Fsp3) is 1.00. The van der Waals surface area contributed by atoms with E-state index in [0.717, 1.165) is 32.5 Å². The van der Waals surface area contributed by atoms with Gasteiger partial charge in [0, 0.05) is 26.2 Å². The van der Waals surface area contributed by atoms with E-state index in [2.05, 4.69) is 10.2 Å². The minimum Gasteiger partial charge on any atom is -0.377 e. The van der Waals surface area contributed by atoms with Crippen LogP contribution in [-0.4, -0.2) is 56.5 Å². The Morgan fingerprint density at radius 1 is 1.41 bits per heavy atom. The molecule has 1 N–H and O–H groups in total. The van der Waals surface area contributed by atoms with Gasteiger partial charge in [-0.15, -0.1) is 0 Å². The largest absolute Gasteiger partial charge is 0.401 e. The van der Waals surface area contributed by atoms with Crippen molar-refractivity contribution in [2.45, 2.75) is 32.0 Å². The highest BCUT2D eigenvalue weighted by Gasteiger charge is 2.26. The number of nitrogens with one attached hydrogen (secondary N) is 1. The van der Waals surface area contributed by atoms with E-state index in [0.29, 0.717) is 13.1 Å². The fourth-order valence-electron chi connectivity index (χ4n) is 1.92. The molecule has 1 fully saturated rings. The second kappa shape index (κ2) is 7.18. The molecule has 1 aliphatic heterocycles. The summed E-state index contributed by atoms with van der Waals surface area (Å²) in [5.41, 5.74) is 0. The van der Waals surface area contributed by atoms with Crippen LogP contribution in [0.3, 0.4) is 0 Å². The Labute approximate surface area is 100 Å². The summed E-state index contributed by atoms with van der Waals surface area (Å²) < 4.78 is 41.2. The van der Waals surface area contributed by atoms with E-state index in [-0.39, 0.29) is 6.10 Å². The molecule has 6 heteroatoms. The zero-order chi connectivity index (χ0) is 12.7. The van der Waals surface area contributed by atoms with Crippen LogP contribution in [0.5, 0.6) is 0 Å². The van der Waals surface area contributed by atoms with Crippen LogP contribution in [0.1, 0.15) is 19.8 Å². The lowest BCUT2D eigenvalue weighted by molar-refractivity contribution is -0.124. The Bertz CT molecular complexity index is 205. The van der Waals surface area contributed by atoms with Gasteiger partial charge < -0.3 is 10.1 Å². The van der Waals surface area contributed by atoms with E-state index >= 15 is 0 Å². The van der Waals surface area contributed by atoms with Gasteiger partial charge in [-0.3, -0.25) is 4.90 Å². The van der Waals surface area contributed by atoms with Gasteiger partial charge in [0.2, 0.25) is 0 Å². The molecule has 1 rings (SSSR count). The first kappa shape index (κ1) is 14.7. The molecule has 3 nitrogen and oxygen atoms in total. The third kappa shape index (κ3) is 6.85. The summed E-state index contributed by atoms with van der Waals surface area (Å²) in [4.78, 5) is 2.12. The molecule has 17 heavy (non-hydrogen) atoms. The molecule has 1 atom stereocenters. The van der Waals surface area contributed by atoms with E-state index in [1.165, 1.54) is 0 Å². The number of hydrogen-bond donors (Lipinski definition) is 1. The molecule has 0 aromatic carbocycles. The van der Waals surface area contributed by atoms with Crippen molar-refractivity contribution in [2.75, 3.05) is 39.3 Å². The molecule has 1 saturated heterocycles. The van der Waals surface area contributed by atoms with Crippen LogP contribution >= 0.6 is 0 Å². The molecule has 0 aliphatic carbocycles. The Hall–Kier alpha value is -0.330. The van der Waals surface area contributed by atoms with Crippen LogP contribution in [0, 0.1) is 0 Å². The van der Waals surface area contributed by atoms with Crippen molar-refractivity contribution in [2.24, 2.45) is 0 Å². The quantitative estimate of drug-likeness (QED) is 0.699. The average molecular weight is 254 g/mol. The van der Waals surface area contributed by atoms with E-state index in [1.54, 1.807) is 0 Å². The van der Waals surface area contributed by atoms with E-state index in [9.17, 15) is 13.2 Å². The van der Waals surface area contributed by atoms with Crippen molar-refractivity contribution >= 4 is 0 Å². The van der Waals surface area contributed by atoms with E-state index < -0.39 is 12.7 Å². The zero-order valence-corrected chi connectivity index (χ0v) is 10.2. The van der Waals surface area contributed by atoms with Gasteiger partial charge in [0.25, 0.3) is 0 Å². The summed E-state index contributed by atoms with van der Waals surface area (Å²) in [6.45, 7) is 4.57. The Morgan fingerprint density at radius 3 is 2.71 bits per heavy atom. The van der Waals surface area contributed by atoms with Gasteiger partial charge in [0.1, 0.15) is 0 Å². The van der Waals surface area contributed by atoms with Gasteiger partial charge in [-0.25, -0.2) is 0 Å². The maximum atomic E-state index is 11.9. The number of halogens is 3. The maximum absolute atomic E-state index is 11.9. The molecule has 0 saturated carbocycles. The molecular weight excluding hydrogens is 233 g/mol. The predicted octanol–water partition coefficient (Wildman–Crippen LogP) is 1.64. The Balaban J connectivity index is 2.09. The monoisotopic (exact) mass is 254 g/mol. The molecule has 0 aromatic heterocycles. The second-order valence-corrected chi connectivity index (χ2v) is 4.32. The number of ether oxygens (including phenoxy) is 1. The fourth-order valence-corrected chi connectivity index (χ4v) is 1.92.